The molecule has 2 rings (SSSR count). The Balaban J connectivity index is 2.18. The molecule has 3 amide bonds. The molecule has 1 aromatic carbocycles. The van der Waals surface area contributed by atoms with E-state index in [0.29, 0.717) is 24.2 Å². The number of carbonyl (C=O) groups is 3. The summed E-state index contributed by atoms with van der Waals surface area (Å²) in [7, 11) is 3.40. The van der Waals surface area contributed by atoms with Gasteiger partial charge in [0, 0.05) is 37.3 Å². The van der Waals surface area contributed by atoms with Gasteiger partial charge in [-0.05, 0) is 31.0 Å². The van der Waals surface area contributed by atoms with Crippen LogP contribution in [0.25, 0.3) is 0 Å². The molecule has 0 spiro atoms. The number of anilines is 1. The number of benzene rings is 1. The van der Waals surface area contributed by atoms with Crippen LogP contribution in [0.15, 0.2) is 24.3 Å². The van der Waals surface area contributed by atoms with Gasteiger partial charge < -0.3 is 15.1 Å². The van der Waals surface area contributed by atoms with E-state index in [-0.39, 0.29) is 17.7 Å². The highest BCUT2D eigenvalue weighted by Crippen LogP contribution is 2.23. The first-order valence-corrected chi connectivity index (χ1v) is 8.55. The molecule has 25 heavy (non-hydrogen) atoms. The van der Waals surface area contributed by atoms with Gasteiger partial charge in [0.1, 0.15) is 6.04 Å². The predicted octanol–water partition coefficient (Wildman–Crippen LogP) is 2.36. The summed E-state index contributed by atoms with van der Waals surface area (Å²) >= 11 is 0. The Morgan fingerprint density at radius 1 is 1.20 bits per heavy atom. The lowest BCUT2D eigenvalue weighted by Crippen LogP contribution is -2.45. The second kappa shape index (κ2) is 7.25. The second-order valence-electron chi connectivity index (χ2n) is 7.67. The molecule has 1 heterocycles. The number of likely N-dealkylation sites (N-methyl/N-ethyl adjacent to an activating group) is 1. The van der Waals surface area contributed by atoms with Crippen molar-refractivity contribution in [3.8, 4) is 0 Å². The molecule has 1 saturated heterocycles. The third-order valence-electron chi connectivity index (χ3n) is 4.29. The van der Waals surface area contributed by atoms with Crippen molar-refractivity contribution >= 4 is 23.4 Å². The fraction of sp³-hybridized carbons (Fsp3) is 0.526. The van der Waals surface area contributed by atoms with Crippen LogP contribution in [0.5, 0.6) is 0 Å². The van der Waals surface area contributed by atoms with Crippen LogP contribution in [0.1, 0.15) is 44.0 Å². The molecule has 0 aromatic heterocycles. The molecule has 136 valence electrons. The van der Waals surface area contributed by atoms with Crippen LogP contribution in [-0.4, -0.2) is 54.2 Å². The van der Waals surface area contributed by atoms with E-state index in [1.165, 1.54) is 4.90 Å². The van der Waals surface area contributed by atoms with Crippen LogP contribution < -0.4 is 5.32 Å². The molecular formula is C19H27N3O3. The van der Waals surface area contributed by atoms with Crippen molar-refractivity contribution in [2.75, 3.05) is 26.0 Å². The highest BCUT2D eigenvalue weighted by atomic mass is 16.2. The molecule has 0 bridgehead atoms. The minimum Gasteiger partial charge on any atom is -0.347 e. The lowest BCUT2D eigenvalue weighted by Gasteiger charge is -2.26. The standard InChI is InChI=1S/C19H27N3O3/c1-19(2,3)18(25)20-14-9-6-8-13(12-14)16(23)22-11-7-10-15(22)17(24)21(4)5/h6,8-9,12,15H,7,10-11H2,1-5H3,(H,20,25). The Morgan fingerprint density at radius 2 is 1.88 bits per heavy atom. The van der Waals surface area contributed by atoms with Gasteiger partial charge in [0.15, 0.2) is 0 Å². The van der Waals surface area contributed by atoms with Crippen molar-refractivity contribution in [1.82, 2.24) is 9.80 Å². The number of likely N-dealkylation sites (tertiary alicyclic amines) is 1. The summed E-state index contributed by atoms with van der Waals surface area (Å²) in [4.78, 5) is 40.4. The van der Waals surface area contributed by atoms with E-state index < -0.39 is 11.5 Å². The number of carbonyl (C=O) groups excluding carboxylic acids is 3. The quantitative estimate of drug-likeness (QED) is 0.914. The van der Waals surface area contributed by atoms with E-state index in [1.54, 1.807) is 43.3 Å². The SMILES string of the molecule is CN(C)C(=O)C1CCCN1C(=O)c1cccc(NC(=O)C(C)(C)C)c1. The van der Waals surface area contributed by atoms with Gasteiger partial charge >= 0.3 is 0 Å². The zero-order valence-electron chi connectivity index (χ0n) is 15.6. The van der Waals surface area contributed by atoms with Gasteiger partial charge in [0.25, 0.3) is 5.91 Å². The van der Waals surface area contributed by atoms with Crippen molar-refractivity contribution in [3.05, 3.63) is 29.8 Å². The van der Waals surface area contributed by atoms with Crippen molar-refractivity contribution in [2.45, 2.75) is 39.7 Å². The maximum absolute atomic E-state index is 12.9. The molecular weight excluding hydrogens is 318 g/mol. The smallest absolute Gasteiger partial charge is 0.254 e. The van der Waals surface area contributed by atoms with Gasteiger partial charge in [-0.1, -0.05) is 26.8 Å². The summed E-state index contributed by atoms with van der Waals surface area (Å²) in [5, 5.41) is 2.84. The van der Waals surface area contributed by atoms with Crippen molar-refractivity contribution < 1.29 is 14.4 Å². The Kier molecular flexibility index (Phi) is 5.50. The summed E-state index contributed by atoms with van der Waals surface area (Å²) in [6, 6.07) is 6.47. The van der Waals surface area contributed by atoms with Crippen molar-refractivity contribution in [2.24, 2.45) is 5.41 Å². The van der Waals surface area contributed by atoms with E-state index in [4.69, 9.17) is 0 Å². The molecule has 0 aliphatic carbocycles. The molecule has 1 aromatic rings. The highest BCUT2D eigenvalue weighted by Gasteiger charge is 2.35. The maximum atomic E-state index is 12.9. The Labute approximate surface area is 149 Å². The largest absolute Gasteiger partial charge is 0.347 e. The van der Waals surface area contributed by atoms with E-state index in [2.05, 4.69) is 5.32 Å². The van der Waals surface area contributed by atoms with Crippen LogP contribution >= 0.6 is 0 Å². The first-order valence-electron chi connectivity index (χ1n) is 8.55. The molecule has 0 radical (unpaired) electrons. The first kappa shape index (κ1) is 19.0. The van der Waals surface area contributed by atoms with Crippen molar-refractivity contribution in [1.29, 1.82) is 0 Å². The summed E-state index contributed by atoms with van der Waals surface area (Å²) in [6.45, 7) is 6.07. The van der Waals surface area contributed by atoms with E-state index in [1.807, 2.05) is 20.8 Å². The summed E-state index contributed by atoms with van der Waals surface area (Å²) in [5.41, 5.74) is 0.545. The Hall–Kier alpha value is -2.37. The number of nitrogens with zero attached hydrogens (tertiary/aromatic N) is 2. The minimum absolute atomic E-state index is 0.0527. The van der Waals surface area contributed by atoms with E-state index in [9.17, 15) is 14.4 Å². The maximum Gasteiger partial charge on any atom is 0.254 e. The molecule has 1 atom stereocenters. The van der Waals surface area contributed by atoms with Crippen LogP contribution in [0.4, 0.5) is 5.69 Å². The van der Waals surface area contributed by atoms with Gasteiger partial charge in [-0.2, -0.15) is 0 Å². The summed E-state index contributed by atoms with van der Waals surface area (Å²) < 4.78 is 0. The normalized spacial score (nSPS) is 17.3. The molecule has 6 nitrogen and oxygen atoms in total. The van der Waals surface area contributed by atoms with Crippen LogP contribution in [0.3, 0.4) is 0 Å². The lowest BCUT2D eigenvalue weighted by atomic mass is 9.95. The highest BCUT2D eigenvalue weighted by molar-refractivity contribution is 6.00. The molecule has 1 N–H and O–H groups in total. The number of rotatable bonds is 3. The fourth-order valence-corrected chi connectivity index (χ4v) is 2.78. The molecule has 1 unspecified atom stereocenters. The van der Waals surface area contributed by atoms with E-state index in [0.717, 1.165) is 6.42 Å². The topological polar surface area (TPSA) is 69.7 Å². The van der Waals surface area contributed by atoms with Gasteiger partial charge in [-0.15, -0.1) is 0 Å². The minimum atomic E-state index is -0.516. The summed E-state index contributed by atoms with van der Waals surface area (Å²) in [5.74, 6) is -0.341. The van der Waals surface area contributed by atoms with Crippen molar-refractivity contribution in [3.63, 3.8) is 0 Å². The predicted molar refractivity (Wildman–Crippen MR) is 97.3 cm³/mol. The Morgan fingerprint density at radius 3 is 2.48 bits per heavy atom. The first-order chi connectivity index (χ1) is 11.6. The molecule has 0 saturated carbocycles. The van der Waals surface area contributed by atoms with Gasteiger partial charge in [-0.3, -0.25) is 14.4 Å². The average molecular weight is 345 g/mol. The molecule has 1 aliphatic heterocycles. The van der Waals surface area contributed by atoms with Gasteiger partial charge in [0.2, 0.25) is 11.8 Å². The number of amides is 3. The number of nitrogens with one attached hydrogen (secondary N) is 1. The zero-order valence-corrected chi connectivity index (χ0v) is 15.6. The number of hydrogen-bond acceptors (Lipinski definition) is 3. The molecule has 1 fully saturated rings. The fourth-order valence-electron chi connectivity index (χ4n) is 2.78. The van der Waals surface area contributed by atoms with Crippen LogP contribution in [-0.2, 0) is 9.59 Å². The third kappa shape index (κ3) is 4.38. The molecule has 1 aliphatic rings. The van der Waals surface area contributed by atoms with Crippen LogP contribution in [0.2, 0.25) is 0 Å². The second-order valence-corrected chi connectivity index (χ2v) is 7.67. The van der Waals surface area contributed by atoms with Crippen LogP contribution in [0, 0.1) is 5.41 Å². The molecule has 6 heteroatoms. The van der Waals surface area contributed by atoms with Gasteiger partial charge in [0.05, 0.1) is 0 Å². The average Bonchev–Trinajstić information content (AvgIpc) is 3.02. The lowest BCUT2D eigenvalue weighted by molar-refractivity contribution is -0.132. The number of hydrogen-bond donors (Lipinski definition) is 1. The Bertz CT molecular complexity index is 677. The zero-order chi connectivity index (χ0) is 18.8. The van der Waals surface area contributed by atoms with E-state index >= 15 is 0 Å². The monoisotopic (exact) mass is 345 g/mol. The summed E-state index contributed by atoms with van der Waals surface area (Å²) in [6.07, 6.45) is 1.50. The third-order valence-corrected chi connectivity index (χ3v) is 4.29. The van der Waals surface area contributed by atoms with Gasteiger partial charge in [-0.25, -0.2) is 0 Å².